The van der Waals surface area contributed by atoms with Crippen molar-refractivity contribution in [3.05, 3.63) is 24.2 Å². The molecule has 0 unspecified atom stereocenters. The number of nitrogens with one attached hydrogen (secondary N) is 1. The Balaban J connectivity index is 2.03. The first-order chi connectivity index (χ1) is 7.76. The fraction of sp³-hybridized carbons (Fsp3) is 0.583. The Morgan fingerprint density at radius 1 is 1.44 bits per heavy atom. The maximum absolute atomic E-state index is 11.9. The Bertz CT molecular complexity index is 340. The first-order valence-corrected chi connectivity index (χ1v) is 5.82. The molecule has 1 aromatic heterocycles. The highest BCUT2D eigenvalue weighted by Crippen LogP contribution is 2.27. The lowest BCUT2D eigenvalue weighted by molar-refractivity contribution is 0.0846. The highest BCUT2D eigenvalue weighted by Gasteiger charge is 2.32. The summed E-state index contributed by atoms with van der Waals surface area (Å²) in [5, 5.41) is 3.03. The van der Waals surface area contributed by atoms with Gasteiger partial charge in [-0.1, -0.05) is 19.3 Å². The first kappa shape index (κ1) is 11.2. The van der Waals surface area contributed by atoms with Gasteiger partial charge in [0, 0.05) is 6.54 Å². The zero-order valence-electron chi connectivity index (χ0n) is 9.37. The van der Waals surface area contributed by atoms with Crippen molar-refractivity contribution in [2.45, 2.75) is 37.6 Å². The van der Waals surface area contributed by atoms with Gasteiger partial charge in [-0.25, -0.2) is 0 Å². The van der Waals surface area contributed by atoms with E-state index in [-0.39, 0.29) is 11.4 Å². The van der Waals surface area contributed by atoms with E-state index in [0.717, 1.165) is 25.7 Å². The predicted molar refractivity (Wildman–Crippen MR) is 61.0 cm³/mol. The van der Waals surface area contributed by atoms with Crippen LogP contribution < -0.4 is 11.1 Å². The largest absolute Gasteiger partial charge is 0.459 e. The van der Waals surface area contributed by atoms with Gasteiger partial charge in [0.1, 0.15) is 0 Å². The molecule has 3 N–H and O–H groups in total. The first-order valence-electron chi connectivity index (χ1n) is 5.82. The molecule has 1 aliphatic rings. The van der Waals surface area contributed by atoms with Gasteiger partial charge in [-0.3, -0.25) is 4.79 Å². The number of carbonyl (C=O) groups excluding carboxylic acids is 1. The molecule has 0 radical (unpaired) electrons. The van der Waals surface area contributed by atoms with Crippen LogP contribution >= 0.6 is 0 Å². The summed E-state index contributed by atoms with van der Waals surface area (Å²) in [5.41, 5.74) is 5.57. The number of carbonyl (C=O) groups is 1. The SMILES string of the molecule is NCC1(NC(=O)c2ccco2)CCCCC1. The minimum absolute atomic E-state index is 0.155. The van der Waals surface area contributed by atoms with Crippen molar-refractivity contribution in [2.24, 2.45) is 5.73 Å². The highest BCUT2D eigenvalue weighted by molar-refractivity contribution is 5.91. The third-order valence-electron chi connectivity index (χ3n) is 3.33. The summed E-state index contributed by atoms with van der Waals surface area (Å²) in [5.74, 6) is 0.204. The van der Waals surface area contributed by atoms with E-state index in [1.807, 2.05) is 0 Å². The van der Waals surface area contributed by atoms with Gasteiger partial charge in [0.25, 0.3) is 5.91 Å². The molecule has 1 heterocycles. The van der Waals surface area contributed by atoms with Crippen LogP contribution in [0.2, 0.25) is 0 Å². The lowest BCUT2D eigenvalue weighted by Gasteiger charge is -2.36. The Morgan fingerprint density at radius 3 is 2.75 bits per heavy atom. The van der Waals surface area contributed by atoms with Crippen molar-refractivity contribution in [3.8, 4) is 0 Å². The van der Waals surface area contributed by atoms with Gasteiger partial charge in [-0.05, 0) is 25.0 Å². The van der Waals surface area contributed by atoms with Crippen LogP contribution in [0, 0.1) is 0 Å². The van der Waals surface area contributed by atoms with Crippen molar-refractivity contribution in [3.63, 3.8) is 0 Å². The molecule has 0 bridgehead atoms. The van der Waals surface area contributed by atoms with E-state index in [0.29, 0.717) is 12.3 Å². The molecule has 0 aromatic carbocycles. The quantitative estimate of drug-likeness (QED) is 0.817. The lowest BCUT2D eigenvalue weighted by atomic mass is 9.81. The molecule has 4 heteroatoms. The highest BCUT2D eigenvalue weighted by atomic mass is 16.3. The number of nitrogens with two attached hydrogens (primary N) is 1. The van der Waals surface area contributed by atoms with Crippen LogP contribution in [0.1, 0.15) is 42.7 Å². The molecule has 4 nitrogen and oxygen atoms in total. The smallest absolute Gasteiger partial charge is 0.287 e. The summed E-state index contributed by atoms with van der Waals surface area (Å²) >= 11 is 0. The molecule has 1 aromatic rings. The van der Waals surface area contributed by atoms with Gasteiger partial charge >= 0.3 is 0 Å². The number of furan rings is 1. The molecule has 1 amide bonds. The van der Waals surface area contributed by atoms with E-state index in [4.69, 9.17) is 10.2 Å². The third-order valence-corrected chi connectivity index (χ3v) is 3.33. The average molecular weight is 222 g/mol. The third kappa shape index (κ3) is 2.27. The van der Waals surface area contributed by atoms with Crippen molar-refractivity contribution in [1.82, 2.24) is 5.32 Å². The second kappa shape index (κ2) is 4.70. The topological polar surface area (TPSA) is 68.3 Å². The van der Waals surface area contributed by atoms with Crippen LogP contribution in [0.3, 0.4) is 0 Å². The Labute approximate surface area is 95.2 Å². The summed E-state index contributed by atoms with van der Waals surface area (Å²) in [6, 6.07) is 3.38. The van der Waals surface area contributed by atoms with Crippen molar-refractivity contribution >= 4 is 5.91 Å². The number of hydrogen-bond acceptors (Lipinski definition) is 3. The van der Waals surface area contributed by atoms with Crippen LogP contribution in [0.15, 0.2) is 22.8 Å². The normalized spacial score (nSPS) is 19.3. The molecule has 0 aliphatic heterocycles. The van der Waals surface area contributed by atoms with Crippen LogP contribution in [-0.2, 0) is 0 Å². The van der Waals surface area contributed by atoms with Gasteiger partial charge in [0.15, 0.2) is 5.76 Å². The van der Waals surface area contributed by atoms with E-state index in [1.54, 1.807) is 12.1 Å². The zero-order valence-corrected chi connectivity index (χ0v) is 9.37. The summed E-state index contributed by atoms with van der Waals surface area (Å²) < 4.78 is 5.07. The maximum Gasteiger partial charge on any atom is 0.287 e. The fourth-order valence-electron chi connectivity index (χ4n) is 2.32. The number of rotatable bonds is 3. The molecule has 1 fully saturated rings. The van der Waals surface area contributed by atoms with Gasteiger partial charge in [-0.2, -0.15) is 0 Å². The minimum Gasteiger partial charge on any atom is -0.459 e. The summed E-state index contributed by atoms with van der Waals surface area (Å²) in [4.78, 5) is 11.9. The number of hydrogen-bond donors (Lipinski definition) is 2. The summed E-state index contributed by atoms with van der Waals surface area (Å²) in [7, 11) is 0. The van der Waals surface area contributed by atoms with Crippen LogP contribution in [0.5, 0.6) is 0 Å². The van der Waals surface area contributed by atoms with Gasteiger partial charge < -0.3 is 15.5 Å². The molecule has 0 spiro atoms. The summed E-state index contributed by atoms with van der Waals surface area (Å²) in [6.07, 6.45) is 6.94. The average Bonchev–Trinajstić information content (AvgIpc) is 2.84. The molecule has 1 aliphatic carbocycles. The van der Waals surface area contributed by atoms with Crippen molar-refractivity contribution in [1.29, 1.82) is 0 Å². The lowest BCUT2D eigenvalue weighted by Crippen LogP contribution is -2.54. The molecule has 1 saturated carbocycles. The Morgan fingerprint density at radius 2 is 2.19 bits per heavy atom. The maximum atomic E-state index is 11.9. The van der Waals surface area contributed by atoms with Crippen LogP contribution in [0.25, 0.3) is 0 Å². The van der Waals surface area contributed by atoms with E-state index in [9.17, 15) is 4.79 Å². The Hall–Kier alpha value is -1.29. The molecule has 88 valence electrons. The minimum atomic E-state index is -0.220. The molecule has 16 heavy (non-hydrogen) atoms. The Kier molecular flexibility index (Phi) is 3.29. The molecule has 0 saturated heterocycles. The van der Waals surface area contributed by atoms with E-state index >= 15 is 0 Å². The van der Waals surface area contributed by atoms with E-state index in [2.05, 4.69) is 5.32 Å². The molecule has 2 rings (SSSR count). The second-order valence-corrected chi connectivity index (χ2v) is 4.48. The monoisotopic (exact) mass is 222 g/mol. The van der Waals surface area contributed by atoms with Crippen LogP contribution in [0.4, 0.5) is 0 Å². The van der Waals surface area contributed by atoms with Gasteiger partial charge in [0.05, 0.1) is 11.8 Å². The van der Waals surface area contributed by atoms with Gasteiger partial charge in [-0.15, -0.1) is 0 Å². The van der Waals surface area contributed by atoms with Crippen molar-refractivity contribution < 1.29 is 9.21 Å². The van der Waals surface area contributed by atoms with E-state index < -0.39 is 0 Å². The second-order valence-electron chi connectivity index (χ2n) is 4.48. The predicted octanol–water partition coefficient (Wildman–Crippen LogP) is 1.67. The van der Waals surface area contributed by atoms with E-state index in [1.165, 1.54) is 12.7 Å². The molecular weight excluding hydrogens is 204 g/mol. The van der Waals surface area contributed by atoms with Crippen molar-refractivity contribution in [2.75, 3.05) is 6.54 Å². The fourth-order valence-corrected chi connectivity index (χ4v) is 2.32. The zero-order chi connectivity index (χ0) is 11.4. The summed E-state index contributed by atoms with van der Waals surface area (Å²) in [6.45, 7) is 0.499. The van der Waals surface area contributed by atoms with Crippen LogP contribution in [-0.4, -0.2) is 18.0 Å². The molecular formula is C12H18N2O2. The number of amides is 1. The standard InChI is InChI=1S/C12H18N2O2/c13-9-12(6-2-1-3-7-12)14-11(15)10-5-4-8-16-10/h4-5,8H,1-3,6-7,9,13H2,(H,14,15). The molecule has 0 atom stereocenters. The van der Waals surface area contributed by atoms with Gasteiger partial charge in [0.2, 0.25) is 0 Å².